The minimum Gasteiger partial charge on any atom is -0.393 e. The molecule has 0 spiro atoms. The number of hydrogen-bond acceptors (Lipinski definition) is 3. The summed E-state index contributed by atoms with van der Waals surface area (Å²) in [4.78, 5) is 21.8. The second-order valence-corrected chi connectivity index (χ2v) is 3.16. The van der Waals surface area contributed by atoms with Crippen LogP contribution in [-0.4, -0.2) is 36.6 Å². The Kier molecular flexibility index (Phi) is 6.74. The van der Waals surface area contributed by atoms with E-state index in [1.54, 1.807) is 14.0 Å². The zero-order valence-corrected chi connectivity index (χ0v) is 8.67. The highest BCUT2D eigenvalue weighted by atomic mass is 16.3. The maximum absolute atomic E-state index is 11.1. The van der Waals surface area contributed by atoms with E-state index in [0.717, 1.165) is 0 Å². The van der Waals surface area contributed by atoms with Crippen molar-refractivity contribution in [2.45, 2.75) is 32.3 Å². The van der Waals surface area contributed by atoms with Crippen molar-refractivity contribution in [3.63, 3.8) is 0 Å². The van der Waals surface area contributed by atoms with Gasteiger partial charge in [0.2, 0.25) is 11.8 Å². The molecule has 5 heteroatoms. The highest BCUT2D eigenvalue weighted by Crippen LogP contribution is 1.94. The molecule has 14 heavy (non-hydrogen) atoms. The predicted molar refractivity (Wildman–Crippen MR) is 52.6 cm³/mol. The van der Waals surface area contributed by atoms with Crippen molar-refractivity contribution in [3.8, 4) is 0 Å². The fourth-order valence-electron chi connectivity index (χ4n) is 0.869. The van der Waals surface area contributed by atoms with Crippen molar-refractivity contribution in [3.05, 3.63) is 0 Å². The summed E-state index contributed by atoms with van der Waals surface area (Å²) in [5.41, 5.74) is 0. The Bertz CT molecular complexity index is 192. The van der Waals surface area contributed by atoms with Crippen molar-refractivity contribution in [2.24, 2.45) is 0 Å². The van der Waals surface area contributed by atoms with Crippen LogP contribution in [-0.2, 0) is 9.59 Å². The molecule has 0 aromatic heterocycles. The lowest BCUT2D eigenvalue weighted by Crippen LogP contribution is -2.29. The molecule has 0 aromatic rings. The van der Waals surface area contributed by atoms with Gasteiger partial charge >= 0.3 is 0 Å². The van der Waals surface area contributed by atoms with E-state index in [9.17, 15) is 9.59 Å². The molecule has 0 aliphatic rings. The van der Waals surface area contributed by atoms with E-state index >= 15 is 0 Å². The molecule has 5 nitrogen and oxygen atoms in total. The Morgan fingerprint density at radius 2 is 1.93 bits per heavy atom. The average Bonchev–Trinajstić information content (AvgIpc) is 2.14. The lowest BCUT2D eigenvalue weighted by Gasteiger charge is -2.05. The topological polar surface area (TPSA) is 78.4 Å². The molecule has 82 valence electrons. The number of aliphatic hydroxyl groups is 1. The smallest absolute Gasteiger partial charge is 0.221 e. The Morgan fingerprint density at radius 1 is 1.29 bits per heavy atom. The summed E-state index contributed by atoms with van der Waals surface area (Å²) >= 11 is 0. The van der Waals surface area contributed by atoms with Crippen LogP contribution in [0.5, 0.6) is 0 Å². The van der Waals surface area contributed by atoms with Gasteiger partial charge in [0.25, 0.3) is 0 Å². The first-order chi connectivity index (χ1) is 6.56. The minimum atomic E-state index is -0.459. The lowest BCUT2D eigenvalue weighted by molar-refractivity contribution is -0.122. The van der Waals surface area contributed by atoms with E-state index in [1.165, 1.54) is 0 Å². The maximum Gasteiger partial charge on any atom is 0.221 e. The largest absolute Gasteiger partial charge is 0.393 e. The van der Waals surface area contributed by atoms with Crippen LogP contribution in [0.15, 0.2) is 0 Å². The predicted octanol–water partition coefficient (Wildman–Crippen LogP) is -0.600. The standard InChI is InChI=1S/C9H18N2O3/c1-7(12)3-4-9(14)11-6-5-8(13)10-2/h7,12H,3-6H2,1-2H3,(H,10,13)(H,11,14). The molecule has 1 atom stereocenters. The van der Waals surface area contributed by atoms with Crippen LogP contribution < -0.4 is 10.6 Å². The Labute approximate surface area is 83.9 Å². The highest BCUT2D eigenvalue weighted by Gasteiger charge is 2.04. The molecule has 0 saturated carbocycles. The first kappa shape index (κ1) is 12.9. The molecule has 0 radical (unpaired) electrons. The van der Waals surface area contributed by atoms with Gasteiger partial charge in [0, 0.05) is 26.4 Å². The fourth-order valence-corrected chi connectivity index (χ4v) is 0.869. The molecule has 0 fully saturated rings. The molecular weight excluding hydrogens is 184 g/mol. The van der Waals surface area contributed by atoms with E-state index in [2.05, 4.69) is 10.6 Å². The summed E-state index contributed by atoms with van der Waals surface area (Å²) in [6, 6.07) is 0. The van der Waals surface area contributed by atoms with E-state index in [-0.39, 0.29) is 18.2 Å². The molecule has 3 N–H and O–H groups in total. The molecule has 0 bridgehead atoms. The molecule has 2 amide bonds. The zero-order valence-electron chi connectivity index (χ0n) is 8.67. The summed E-state index contributed by atoms with van der Waals surface area (Å²) < 4.78 is 0. The van der Waals surface area contributed by atoms with E-state index in [0.29, 0.717) is 19.4 Å². The van der Waals surface area contributed by atoms with E-state index < -0.39 is 6.10 Å². The zero-order chi connectivity index (χ0) is 11.0. The summed E-state index contributed by atoms with van der Waals surface area (Å²) in [6.45, 7) is 1.98. The maximum atomic E-state index is 11.1. The fraction of sp³-hybridized carbons (Fsp3) is 0.778. The minimum absolute atomic E-state index is 0.0965. The number of hydrogen-bond donors (Lipinski definition) is 3. The van der Waals surface area contributed by atoms with Gasteiger partial charge in [0.05, 0.1) is 6.10 Å². The monoisotopic (exact) mass is 202 g/mol. The average molecular weight is 202 g/mol. The van der Waals surface area contributed by atoms with Crippen molar-refractivity contribution in [2.75, 3.05) is 13.6 Å². The second kappa shape index (κ2) is 7.32. The third kappa shape index (κ3) is 7.54. The molecular formula is C9H18N2O3. The number of aliphatic hydroxyl groups excluding tert-OH is 1. The van der Waals surface area contributed by atoms with E-state index in [4.69, 9.17) is 5.11 Å². The number of nitrogens with one attached hydrogen (secondary N) is 2. The quantitative estimate of drug-likeness (QED) is 0.538. The Hall–Kier alpha value is -1.10. The Morgan fingerprint density at radius 3 is 2.43 bits per heavy atom. The normalized spacial score (nSPS) is 11.9. The molecule has 0 rings (SSSR count). The van der Waals surface area contributed by atoms with Crippen molar-refractivity contribution >= 4 is 11.8 Å². The van der Waals surface area contributed by atoms with Gasteiger partial charge in [-0.25, -0.2) is 0 Å². The summed E-state index contributed by atoms with van der Waals surface area (Å²) in [7, 11) is 1.55. The van der Waals surface area contributed by atoms with Crippen molar-refractivity contribution < 1.29 is 14.7 Å². The van der Waals surface area contributed by atoms with Gasteiger partial charge in [0.1, 0.15) is 0 Å². The number of rotatable bonds is 6. The van der Waals surface area contributed by atoms with Gasteiger partial charge in [-0.15, -0.1) is 0 Å². The van der Waals surface area contributed by atoms with Crippen LogP contribution in [0.25, 0.3) is 0 Å². The van der Waals surface area contributed by atoms with Crippen LogP contribution in [0, 0.1) is 0 Å². The van der Waals surface area contributed by atoms with Crippen molar-refractivity contribution in [1.82, 2.24) is 10.6 Å². The molecule has 0 saturated heterocycles. The lowest BCUT2D eigenvalue weighted by atomic mass is 10.2. The van der Waals surface area contributed by atoms with Crippen LogP contribution in [0.3, 0.4) is 0 Å². The van der Waals surface area contributed by atoms with Crippen LogP contribution >= 0.6 is 0 Å². The molecule has 0 heterocycles. The van der Waals surface area contributed by atoms with Gasteiger partial charge in [-0.1, -0.05) is 0 Å². The summed E-state index contributed by atoms with van der Waals surface area (Å²) in [5, 5.41) is 14.0. The summed E-state index contributed by atoms with van der Waals surface area (Å²) in [6.07, 6.45) is 0.577. The molecule has 0 aromatic carbocycles. The van der Waals surface area contributed by atoms with Gasteiger partial charge < -0.3 is 15.7 Å². The SMILES string of the molecule is CNC(=O)CCNC(=O)CCC(C)O. The number of amides is 2. The van der Waals surface area contributed by atoms with Crippen LogP contribution in [0.1, 0.15) is 26.2 Å². The van der Waals surface area contributed by atoms with Gasteiger partial charge in [-0.3, -0.25) is 9.59 Å². The second-order valence-electron chi connectivity index (χ2n) is 3.16. The third-order valence-corrected chi connectivity index (χ3v) is 1.74. The number of carbonyl (C=O) groups excluding carboxylic acids is 2. The van der Waals surface area contributed by atoms with Gasteiger partial charge in [0.15, 0.2) is 0 Å². The number of carbonyl (C=O) groups is 2. The third-order valence-electron chi connectivity index (χ3n) is 1.74. The van der Waals surface area contributed by atoms with Crippen LogP contribution in [0.2, 0.25) is 0 Å². The molecule has 1 unspecified atom stereocenters. The first-order valence-electron chi connectivity index (χ1n) is 4.71. The molecule has 0 aliphatic heterocycles. The summed E-state index contributed by atoms with van der Waals surface area (Å²) in [5.74, 6) is -0.226. The van der Waals surface area contributed by atoms with Crippen molar-refractivity contribution in [1.29, 1.82) is 0 Å². The van der Waals surface area contributed by atoms with E-state index in [1.807, 2.05) is 0 Å². The van der Waals surface area contributed by atoms with Gasteiger partial charge in [-0.05, 0) is 13.3 Å². The van der Waals surface area contributed by atoms with Crippen LogP contribution in [0.4, 0.5) is 0 Å². The molecule has 0 aliphatic carbocycles. The highest BCUT2D eigenvalue weighted by molar-refractivity contribution is 5.78. The van der Waals surface area contributed by atoms with Gasteiger partial charge in [-0.2, -0.15) is 0 Å². The Balaban J connectivity index is 3.40. The first-order valence-corrected chi connectivity index (χ1v) is 4.71.